The van der Waals surface area contributed by atoms with Crippen LogP contribution in [0.4, 0.5) is 17.1 Å². The fourth-order valence-electron chi connectivity index (χ4n) is 3.55. The average Bonchev–Trinajstić information content (AvgIpc) is 3.22. The number of hydrogen-bond acceptors (Lipinski definition) is 8. The van der Waals surface area contributed by atoms with Crippen molar-refractivity contribution in [2.24, 2.45) is 0 Å². The molecule has 0 aliphatic carbocycles. The number of nitro benzene ring substituents is 2. The van der Waals surface area contributed by atoms with Crippen molar-refractivity contribution >= 4 is 46.3 Å². The standard InChI is InChI=1S/C23H18ClN3O7S/c1-2-33-21-11-14(23-25(22(28)13-35-23)16-6-4-15(24)5-7-16)3-9-20(21)34-19-10-8-17(26(29)30)12-18(19)27(31)32/h3-12,23H,2,13H2,1H3/t23-/m0/s1. The highest BCUT2D eigenvalue weighted by Gasteiger charge is 2.34. The number of halogens is 1. The predicted octanol–water partition coefficient (Wildman–Crippen LogP) is 6.13. The largest absolute Gasteiger partial charge is 0.490 e. The molecule has 4 rings (SSSR count). The van der Waals surface area contributed by atoms with Crippen molar-refractivity contribution in [2.75, 3.05) is 17.3 Å². The van der Waals surface area contributed by atoms with Crippen molar-refractivity contribution < 1.29 is 24.1 Å². The van der Waals surface area contributed by atoms with E-state index in [2.05, 4.69) is 0 Å². The quantitative estimate of drug-likeness (QED) is 0.259. The zero-order valence-corrected chi connectivity index (χ0v) is 19.8. The minimum Gasteiger partial charge on any atom is -0.490 e. The van der Waals surface area contributed by atoms with Crippen molar-refractivity contribution in [3.8, 4) is 17.2 Å². The van der Waals surface area contributed by atoms with Gasteiger partial charge in [-0.25, -0.2) is 0 Å². The highest BCUT2D eigenvalue weighted by atomic mass is 35.5. The molecule has 35 heavy (non-hydrogen) atoms. The van der Waals surface area contributed by atoms with E-state index >= 15 is 0 Å². The van der Waals surface area contributed by atoms with Crippen LogP contribution in [0.25, 0.3) is 0 Å². The lowest BCUT2D eigenvalue weighted by Crippen LogP contribution is -2.27. The first kappa shape index (κ1) is 24.3. The lowest BCUT2D eigenvalue weighted by Gasteiger charge is -2.25. The second kappa shape index (κ2) is 10.2. The first-order chi connectivity index (χ1) is 16.8. The van der Waals surface area contributed by atoms with Crippen LogP contribution in [0.2, 0.25) is 5.02 Å². The number of ether oxygens (including phenoxy) is 2. The summed E-state index contributed by atoms with van der Waals surface area (Å²) in [4.78, 5) is 35.3. The molecule has 1 saturated heterocycles. The van der Waals surface area contributed by atoms with Crippen LogP contribution in [0.15, 0.2) is 60.7 Å². The van der Waals surface area contributed by atoms with E-state index in [0.29, 0.717) is 28.8 Å². The maximum Gasteiger partial charge on any atom is 0.318 e. The van der Waals surface area contributed by atoms with Crippen LogP contribution >= 0.6 is 23.4 Å². The van der Waals surface area contributed by atoms with Gasteiger partial charge in [-0.05, 0) is 55.0 Å². The fourth-order valence-corrected chi connectivity index (χ4v) is 4.84. The molecule has 3 aromatic rings. The fraction of sp³-hybridized carbons (Fsp3) is 0.174. The Bertz CT molecular complexity index is 1300. The van der Waals surface area contributed by atoms with E-state index in [1.165, 1.54) is 17.8 Å². The summed E-state index contributed by atoms with van der Waals surface area (Å²) in [7, 11) is 0. The number of nitro groups is 2. The molecule has 0 bridgehead atoms. The third-order valence-electron chi connectivity index (χ3n) is 5.10. The molecule has 1 heterocycles. The number of carbonyl (C=O) groups is 1. The van der Waals surface area contributed by atoms with Gasteiger partial charge < -0.3 is 9.47 Å². The summed E-state index contributed by atoms with van der Waals surface area (Å²) < 4.78 is 11.5. The van der Waals surface area contributed by atoms with E-state index in [0.717, 1.165) is 17.7 Å². The zero-order valence-electron chi connectivity index (χ0n) is 18.3. The Kier molecular flexibility index (Phi) is 7.08. The molecule has 0 aromatic heterocycles. The summed E-state index contributed by atoms with van der Waals surface area (Å²) in [5.41, 5.74) is 0.505. The van der Waals surface area contributed by atoms with Crippen LogP contribution in [-0.4, -0.2) is 28.1 Å². The summed E-state index contributed by atoms with van der Waals surface area (Å²) in [6, 6.07) is 15.2. The minimum absolute atomic E-state index is 0.0536. The van der Waals surface area contributed by atoms with Crippen LogP contribution in [0.1, 0.15) is 17.9 Å². The Morgan fingerprint density at radius 2 is 1.71 bits per heavy atom. The maximum absolute atomic E-state index is 12.6. The average molecular weight is 516 g/mol. The number of thioether (sulfide) groups is 1. The summed E-state index contributed by atoms with van der Waals surface area (Å²) >= 11 is 7.44. The number of anilines is 1. The molecule has 12 heteroatoms. The van der Waals surface area contributed by atoms with E-state index in [1.54, 1.807) is 54.3 Å². The van der Waals surface area contributed by atoms with Gasteiger partial charge in [-0.3, -0.25) is 29.9 Å². The summed E-state index contributed by atoms with van der Waals surface area (Å²) in [5.74, 6) is 0.586. The van der Waals surface area contributed by atoms with E-state index in [1.807, 2.05) is 0 Å². The number of benzene rings is 3. The number of nitrogens with zero attached hydrogens (tertiary/aromatic N) is 3. The molecule has 1 aliphatic rings. The van der Waals surface area contributed by atoms with Crippen molar-refractivity contribution in [2.45, 2.75) is 12.3 Å². The molecule has 1 fully saturated rings. The second-order valence-electron chi connectivity index (χ2n) is 7.31. The maximum atomic E-state index is 12.6. The van der Waals surface area contributed by atoms with Gasteiger partial charge in [0.15, 0.2) is 11.5 Å². The Labute approximate surface area is 208 Å². The van der Waals surface area contributed by atoms with Crippen molar-refractivity contribution in [1.29, 1.82) is 0 Å². The molecular formula is C23H18ClN3O7S. The molecule has 1 atom stereocenters. The smallest absolute Gasteiger partial charge is 0.318 e. The molecule has 0 unspecified atom stereocenters. The molecule has 0 radical (unpaired) electrons. The monoisotopic (exact) mass is 515 g/mol. The van der Waals surface area contributed by atoms with Crippen LogP contribution < -0.4 is 14.4 Å². The third kappa shape index (κ3) is 5.15. The van der Waals surface area contributed by atoms with Gasteiger partial charge in [0.25, 0.3) is 5.69 Å². The van der Waals surface area contributed by atoms with Gasteiger partial charge >= 0.3 is 5.69 Å². The number of rotatable bonds is 8. The van der Waals surface area contributed by atoms with Gasteiger partial charge in [-0.2, -0.15) is 0 Å². The summed E-state index contributed by atoms with van der Waals surface area (Å²) in [5, 5.41) is 22.7. The molecule has 1 aliphatic heterocycles. The van der Waals surface area contributed by atoms with Gasteiger partial charge in [-0.1, -0.05) is 17.7 Å². The highest BCUT2D eigenvalue weighted by Crippen LogP contribution is 2.45. The molecular weight excluding hydrogens is 498 g/mol. The predicted molar refractivity (Wildman–Crippen MR) is 132 cm³/mol. The SMILES string of the molecule is CCOc1cc([C@@H]2SCC(=O)N2c2ccc(Cl)cc2)ccc1Oc1ccc([N+](=O)[O-])cc1[N+](=O)[O-]. The van der Waals surface area contributed by atoms with E-state index < -0.39 is 21.2 Å². The summed E-state index contributed by atoms with van der Waals surface area (Å²) in [6.07, 6.45) is 0. The third-order valence-corrected chi connectivity index (χ3v) is 6.56. The van der Waals surface area contributed by atoms with Crippen LogP contribution in [0.5, 0.6) is 17.2 Å². The Hall–Kier alpha value is -3.83. The Morgan fingerprint density at radius 1 is 1.00 bits per heavy atom. The van der Waals surface area contributed by atoms with Crippen LogP contribution in [0, 0.1) is 20.2 Å². The number of non-ortho nitro benzene ring substituents is 1. The Balaban J connectivity index is 1.68. The van der Waals surface area contributed by atoms with Gasteiger partial charge in [0.1, 0.15) is 5.37 Å². The topological polar surface area (TPSA) is 125 Å². The van der Waals surface area contributed by atoms with E-state index in [9.17, 15) is 25.0 Å². The molecule has 180 valence electrons. The number of amides is 1. The molecule has 0 saturated carbocycles. The van der Waals surface area contributed by atoms with Crippen LogP contribution in [-0.2, 0) is 4.79 Å². The first-order valence-electron chi connectivity index (χ1n) is 10.3. The van der Waals surface area contributed by atoms with Crippen molar-refractivity contribution in [3.05, 3.63) is 91.5 Å². The lowest BCUT2D eigenvalue weighted by atomic mass is 10.1. The zero-order chi connectivity index (χ0) is 25.1. The molecule has 1 amide bonds. The van der Waals surface area contributed by atoms with Gasteiger partial charge in [0.2, 0.25) is 11.7 Å². The van der Waals surface area contributed by atoms with Gasteiger partial charge in [0, 0.05) is 16.8 Å². The molecule has 10 nitrogen and oxygen atoms in total. The van der Waals surface area contributed by atoms with Crippen molar-refractivity contribution in [1.82, 2.24) is 0 Å². The van der Waals surface area contributed by atoms with Gasteiger partial charge in [0.05, 0.1) is 28.3 Å². The highest BCUT2D eigenvalue weighted by molar-refractivity contribution is 8.00. The van der Waals surface area contributed by atoms with Gasteiger partial charge in [-0.15, -0.1) is 11.8 Å². The number of hydrogen-bond donors (Lipinski definition) is 0. The molecule has 0 spiro atoms. The Morgan fingerprint density at radius 3 is 2.37 bits per heavy atom. The normalized spacial score (nSPS) is 15.2. The molecule has 0 N–H and O–H groups in total. The number of carbonyl (C=O) groups excluding carboxylic acids is 1. The van der Waals surface area contributed by atoms with Crippen LogP contribution in [0.3, 0.4) is 0 Å². The second-order valence-corrected chi connectivity index (χ2v) is 8.82. The van der Waals surface area contributed by atoms with E-state index in [-0.39, 0.29) is 22.8 Å². The molecule has 3 aromatic carbocycles. The minimum atomic E-state index is -0.748. The van der Waals surface area contributed by atoms with E-state index in [4.69, 9.17) is 21.1 Å². The van der Waals surface area contributed by atoms with Crippen molar-refractivity contribution in [3.63, 3.8) is 0 Å². The summed E-state index contributed by atoms with van der Waals surface area (Å²) in [6.45, 7) is 2.07. The first-order valence-corrected chi connectivity index (χ1v) is 11.8. The lowest BCUT2D eigenvalue weighted by molar-refractivity contribution is -0.394.